The van der Waals surface area contributed by atoms with E-state index in [1.165, 1.54) is 18.3 Å². The van der Waals surface area contributed by atoms with Crippen LogP contribution >= 0.6 is 27.5 Å². The summed E-state index contributed by atoms with van der Waals surface area (Å²) < 4.78 is 6.47. The minimum Gasteiger partial charge on any atom is -0.488 e. The summed E-state index contributed by atoms with van der Waals surface area (Å²) >= 11 is 9.28. The highest BCUT2D eigenvalue weighted by Crippen LogP contribution is 2.26. The SMILES string of the molecule is O=C(Cc1ccc(Cl)cc1)N/N=C\c1ccc(OCc2ccc([N+](=O)[O-])cc2)c(Br)c1. The third kappa shape index (κ3) is 6.91. The van der Waals surface area contributed by atoms with E-state index >= 15 is 0 Å². The van der Waals surface area contributed by atoms with Crippen LogP contribution in [-0.4, -0.2) is 17.0 Å². The highest BCUT2D eigenvalue weighted by atomic mass is 79.9. The third-order valence-corrected chi connectivity index (χ3v) is 5.05. The van der Waals surface area contributed by atoms with E-state index in [9.17, 15) is 14.9 Å². The van der Waals surface area contributed by atoms with Gasteiger partial charge < -0.3 is 4.74 Å². The monoisotopic (exact) mass is 501 g/mol. The number of nitro benzene ring substituents is 1. The maximum atomic E-state index is 12.0. The Morgan fingerprint density at radius 3 is 2.42 bits per heavy atom. The predicted molar refractivity (Wildman–Crippen MR) is 122 cm³/mol. The molecule has 0 heterocycles. The zero-order valence-electron chi connectivity index (χ0n) is 16.1. The van der Waals surface area contributed by atoms with Crippen molar-refractivity contribution in [2.45, 2.75) is 13.0 Å². The Balaban J connectivity index is 1.51. The molecular formula is C22H17BrClN3O4. The van der Waals surface area contributed by atoms with Crippen LogP contribution in [0.1, 0.15) is 16.7 Å². The van der Waals surface area contributed by atoms with Gasteiger partial charge in [0.1, 0.15) is 12.4 Å². The van der Waals surface area contributed by atoms with Crippen molar-refractivity contribution in [3.05, 3.63) is 103 Å². The second kappa shape index (κ2) is 10.7. The Labute approximate surface area is 192 Å². The number of nitrogens with one attached hydrogen (secondary N) is 1. The minimum atomic E-state index is -0.443. The van der Waals surface area contributed by atoms with Crippen molar-refractivity contribution in [3.8, 4) is 5.75 Å². The lowest BCUT2D eigenvalue weighted by atomic mass is 10.1. The molecule has 0 fully saturated rings. The molecule has 0 radical (unpaired) electrons. The van der Waals surface area contributed by atoms with Gasteiger partial charge in [0.2, 0.25) is 5.91 Å². The highest BCUT2D eigenvalue weighted by Gasteiger charge is 2.06. The number of nitrogens with zero attached hydrogens (tertiary/aromatic N) is 2. The van der Waals surface area contributed by atoms with Crippen LogP contribution in [-0.2, 0) is 17.8 Å². The molecule has 0 saturated carbocycles. The van der Waals surface area contributed by atoms with Crippen LogP contribution in [0.2, 0.25) is 5.02 Å². The van der Waals surface area contributed by atoms with Gasteiger partial charge in [-0.1, -0.05) is 23.7 Å². The van der Waals surface area contributed by atoms with Crippen molar-refractivity contribution < 1.29 is 14.5 Å². The fourth-order valence-corrected chi connectivity index (χ4v) is 3.23. The maximum absolute atomic E-state index is 12.0. The van der Waals surface area contributed by atoms with Crippen LogP contribution in [0.15, 0.2) is 76.3 Å². The van der Waals surface area contributed by atoms with E-state index in [4.69, 9.17) is 16.3 Å². The second-order valence-corrected chi connectivity index (χ2v) is 7.79. The van der Waals surface area contributed by atoms with Crippen molar-refractivity contribution >= 4 is 45.3 Å². The molecule has 31 heavy (non-hydrogen) atoms. The van der Waals surface area contributed by atoms with E-state index < -0.39 is 4.92 Å². The number of carbonyl (C=O) groups excluding carboxylic acids is 1. The smallest absolute Gasteiger partial charge is 0.269 e. The largest absolute Gasteiger partial charge is 0.488 e. The summed E-state index contributed by atoms with van der Waals surface area (Å²) in [6.45, 7) is 0.269. The lowest BCUT2D eigenvalue weighted by molar-refractivity contribution is -0.384. The van der Waals surface area contributed by atoms with Crippen LogP contribution in [0, 0.1) is 10.1 Å². The topological polar surface area (TPSA) is 93.8 Å². The number of benzene rings is 3. The zero-order chi connectivity index (χ0) is 22.2. The van der Waals surface area contributed by atoms with Crippen LogP contribution < -0.4 is 10.2 Å². The van der Waals surface area contributed by atoms with Gasteiger partial charge in [-0.05, 0) is 75.1 Å². The van der Waals surface area contributed by atoms with E-state index in [0.29, 0.717) is 15.2 Å². The molecule has 7 nitrogen and oxygen atoms in total. The van der Waals surface area contributed by atoms with Gasteiger partial charge in [-0.15, -0.1) is 0 Å². The van der Waals surface area contributed by atoms with Crippen molar-refractivity contribution in [2.24, 2.45) is 5.10 Å². The highest BCUT2D eigenvalue weighted by molar-refractivity contribution is 9.10. The molecule has 158 valence electrons. The molecule has 9 heteroatoms. The number of halogens is 2. The van der Waals surface area contributed by atoms with Gasteiger partial charge in [0.15, 0.2) is 0 Å². The fraction of sp³-hybridized carbons (Fsp3) is 0.0909. The second-order valence-electron chi connectivity index (χ2n) is 6.50. The Bertz CT molecular complexity index is 1100. The molecule has 0 aliphatic carbocycles. The van der Waals surface area contributed by atoms with Crippen molar-refractivity contribution in [1.29, 1.82) is 0 Å². The van der Waals surface area contributed by atoms with Crippen molar-refractivity contribution in [3.63, 3.8) is 0 Å². The van der Waals surface area contributed by atoms with Gasteiger partial charge >= 0.3 is 0 Å². The Morgan fingerprint density at radius 1 is 1.10 bits per heavy atom. The Kier molecular flexibility index (Phi) is 7.75. The quantitative estimate of drug-likeness (QED) is 0.257. The van der Waals surface area contributed by atoms with E-state index in [1.54, 1.807) is 54.6 Å². The van der Waals surface area contributed by atoms with Gasteiger partial charge in [0.05, 0.1) is 22.0 Å². The van der Waals surface area contributed by atoms with Gasteiger partial charge in [0, 0.05) is 17.2 Å². The van der Waals surface area contributed by atoms with Crippen LogP contribution in [0.3, 0.4) is 0 Å². The summed E-state index contributed by atoms with van der Waals surface area (Å²) in [7, 11) is 0. The van der Waals surface area contributed by atoms with Gasteiger partial charge in [-0.2, -0.15) is 5.10 Å². The molecule has 3 aromatic rings. The zero-order valence-corrected chi connectivity index (χ0v) is 18.5. The normalized spacial score (nSPS) is 10.8. The molecule has 1 amide bonds. The number of ether oxygens (including phenoxy) is 1. The number of hydrogen-bond donors (Lipinski definition) is 1. The standard InChI is InChI=1S/C22H17BrClN3O4/c23-20-11-17(13-25-26-22(28)12-15-1-6-18(24)7-2-15)5-10-21(20)31-14-16-3-8-19(9-4-16)27(29)30/h1-11,13H,12,14H2,(H,26,28)/b25-13-. The fourth-order valence-electron chi connectivity index (χ4n) is 2.60. The van der Waals surface area contributed by atoms with Gasteiger partial charge in [-0.25, -0.2) is 5.43 Å². The summed E-state index contributed by atoms with van der Waals surface area (Å²) in [5, 5.41) is 15.3. The number of non-ortho nitro benzene ring substituents is 1. The predicted octanol–water partition coefficient (Wildman–Crippen LogP) is 5.28. The molecule has 0 aromatic heterocycles. The molecule has 3 aromatic carbocycles. The molecule has 0 bridgehead atoms. The lowest BCUT2D eigenvalue weighted by Gasteiger charge is -2.09. The van der Waals surface area contributed by atoms with Crippen molar-refractivity contribution in [1.82, 2.24) is 5.43 Å². The average Bonchev–Trinajstić information content (AvgIpc) is 2.75. The Morgan fingerprint density at radius 2 is 1.77 bits per heavy atom. The van der Waals surface area contributed by atoms with Crippen LogP contribution in [0.5, 0.6) is 5.75 Å². The summed E-state index contributed by atoms with van der Waals surface area (Å²) in [5.74, 6) is 0.378. The first-order valence-corrected chi connectivity index (χ1v) is 10.3. The summed E-state index contributed by atoms with van der Waals surface area (Å²) in [4.78, 5) is 22.2. The Hall–Kier alpha value is -3.23. The number of rotatable bonds is 8. The number of nitro groups is 1. The first-order chi connectivity index (χ1) is 14.9. The molecular weight excluding hydrogens is 486 g/mol. The molecule has 0 aliphatic heterocycles. The van der Waals surface area contributed by atoms with E-state index in [2.05, 4.69) is 26.5 Å². The van der Waals surface area contributed by atoms with Crippen molar-refractivity contribution in [2.75, 3.05) is 0 Å². The summed E-state index contributed by atoms with van der Waals surface area (Å²) in [5.41, 5.74) is 4.95. The minimum absolute atomic E-state index is 0.0360. The molecule has 1 N–H and O–H groups in total. The van der Waals surface area contributed by atoms with Gasteiger partial charge in [-0.3, -0.25) is 14.9 Å². The summed E-state index contributed by atoms with van der Waals surface area (Å²) in [6.07, 6.45) is 1.73. The average molecular weight is 503 g/mol. The molecule has 0 saturated heterocycles. The van der Waals surface area contributed by atoms with Crippen LogP contribution in [0.25, 0.3) is 0 Å². The molecule has 3 rings (SSSR count). The van der Waals surface area contributed by atoms with E-state index in [1.807, 2.05) is 0 Å². The first kappa shape index (κ1) is 22.5. The van der Waals surface area contributed by atoms with E-state index in [-0.39, 0.29) is 24.6 Å². The number of hydrazone groups is 1. The van der Waals surface area contributed by atoms with Crippen LogP contribution in [0.4, 0.5) is 5.69 Å². The first-order valence-electron chi connectivity index (χ1n) is 9.13. The van der Waals surface area contributed by atoms with Gasteiger partial charge in [0.25, 0.3) is 5.69 Å². The number of carbonyl (C=O) groups is 1. The van der Waals surface area contributed by atoms with E-state index in [0.717, 1.165) is 16.7 Å². The lowest BCUT2D eigenvalue weighted by Crippen LogP contribution is -2.19. The molecule has 0 spiro atoms. The molecule has 0 atom stereocenters. The molecule has 0 aliphatic rings. The number of hydrogen-bond acceptors (Lipinski definition) is 5. The number of amides is 1. The maximum Gasteiger partial charge on any atom is 0.269 e. The summed E-state index contributed by atoms with van der Waals surface area (Å²) in [6, 6.07) is 18.6. The third-order valence-electron chi connectivity index (χ3n) is 4.18. The molecule has 0 unspecified atom stereocenters.